The topological polar surface area (TPSA) is 78.6 Å². The number of halogens is 1. The van der Waals surface area contributed by atoms with E-state index in [2.05, 4.69) is 15.9 Å². The van der Waals surface area contributed by atoms with Crippen LogP contribution in [0.4, 0.5) is 0 Å². The molecular formula is C19H20BrNO4. The van der Waals surface area contributed by atoms with Crippen LogP contribution >= 0.6 is 15.9 Å². The summed E-state index contributed by atoms with van der Waals surface area (Å²) in [6, 6.07) is 7.49. The molecular weight excluding hydrogens is 386 g/mol. The summed E-state index contributed by atoms with van der Waals surface area (Å²) in [5.41, 5.74) is 7.33. The molecule has 0 saturated heterocycles. The molecule has 1 aromatic carbocycles. The number of hydrogen-bond acceptors (Lipinski definition) is 5. The van der Waals surface area contributed by atoms with Crippen molar-refractivity contribution in [1.29, 1.82) is 0 Å². The van der Waals surface area contributed by atoms with E-state index in [9.17, 15) is 9.59 Å². The van der Waals surface area contributed by atoms with Crippen LogP contribution in [0.2, 0.25) is 0 Å². The summed E-state index contributed by atoms with van der Waals surface area (Å²) in [5, 5.41) is 0. The van der Waals surface area contributed by atoms with E-state index in [1.54, 1.807) is 0 Å². The Hall–Kier alpha value is -2.08. The lowest BCUT2D eigenvalue weighted by Gasteiger charge is -2.37. The highest BCUT2D eigenvalue weighted by Crippen LogP contribution is 2.48. The van der Waals surface area contributed by atoms with Crippen LogP contribution in [0.1, 0.15) is 38.2 Å². The fraction of sp³-hybridized carbons (Fsp3) is 0.368. The number of hydrogen-bond donors (Lipinski definition) is 1. The van der Waals surface area contributed by atoms with Crippen molar-refractivity contribution in [1.82, 2.24) is 0 Å². The van der Waals surface area contributed by atoms with E-state index in [-0.39, 0.29) is 22.7 Å². The third kappa shape index (κ3) is 3.23. The van der Waals surface area contributed by atoms with Gasteiger partial charge in [-0.3, -0.25) is 4.79 Å². The molecule has 1 heterocycles. The first-order valence-electron chi connectivity index (χ1n) is 8.01. The monoisotopic (exact) mass is 405 g/mol. The van der Waals surface area contributed by atoms with Gasteiger partial charge in [-0.15, -0.1) is 0 Å². The lowest BCUT2D eigenvalue weighted by atomic mass is 9.70. The Kier molecular flexibility index (Phi) is 4.49. The molecule has 2 N–H and O–H groups in total. The van der Waals surface area contributed by atoms with E-state index in [0.717, 1.165) is 10.0 Å². The van der Waals surface area contributed by atoms with Gasteiger partial charge in [0.1, 0.15) is 11.3 Å². The molecule has 0 unspecified atom stereocenters. The van der Waals surface area contributed by atoms with Gasteiger partial charge < -0.3 is 15.2 Å². The fourth-order valence-electron chi connectivity index (χ4n) is 3.51. The van der Waals surface area contributed by atoms with Gasteiger partial charge in [0.15, 0.2) is 5.78 Å². The Morgan fingerprint density at radius 3 is 2.72 bits per heavy atom. The van der Waals surface area contributed by atoms with Crippen LogP contribution in [0, 0.1) is 5.41 Å². The number of rotatable bonds is 2. The quantitative estimate of drug-likeness (QED) is 0.760. The van der Waals surface area contributed by atoms with Gasteiger partial charge >= 0.3 is 5.97 Å². The molecule has 5 nitrogen and oxygen atoms in total. The Balaban J connectivity index is 2.21. The van der Waals surface area contributed by atoms with Crippen molar-refractivity contribution in [2.75, 3.05) is 7.11 Å². The van der Waals surface area contributed by atoms with Gasteiger partial charge in [0.05, 0.1) is 13.0 Å². The lowest BCUT2D eigenvalue weighted by Crippen LogP contribution is -2.35. The van der Waals surface area contributed by atoms with Crippen molar-refractivity contribution in [2.24, 2.45) is 11.1 Å². The third-order valence-electron chi connectivity index (χ3n) is 4.54. The maximum atomic E-state index is 12.9. The largest absolute Gasteiger partial charge is 0.465 e. The first-order chi connectivity index (χ1) is 11.7. The number of Topliss-reactive ketones (excluding diaryl/α,β-unsaturated/α-hetero) is 1. The molecule has 25 heavy (non-hydrogen) atoms. The summed E-state index contributed by atoms with van der Waals surface area (Å²) in [7, 11) is 1.29. The van der Waals surface area contributed by atoms with Gasteiger partial charge in [-0.2, -0.15) is 0 Å². The number of ether oxygens (including phenoxy) is 2. The summed E-state index contributed by atoms with van der Waals surface area (Å²) in [6.45, 7) is 4.03. The van der Waals surface area contributed by atoms with Crippen LogP contribution in [-0.4, -0.2) is 18.9 Å². The van der Waals surface area contributed by atoms with Crippen LogP contribution in [0.15, 0.2) is 51.5 Å². The summed E-state index contributed by atoms with van der Waals surface area (Å²) >= 11 is 3.44. The predicted octanol–water partition coefficient (Wildman–Crippen LogP) is 3.55. The highest BCUT2D eigenvalue weighted by Gasteiger charge is 2.44. The first kappa shape index (κ1) is 17.7. The van der Waals surface area contributed by atoms with E-state index in [4.69, 9.17) is 15.2 Å². The lowest BCUT2D eigenvalue weighted by molar-refractivity contribution is -0.136. The van der Waals surface area contributed by atoms with Crippen molar-refractivity contribution in [2.45, 2.75) is 32.6 Å². The molecule has 0 bridgehead atoms. The predicted molar refractivity (Wildman–Crippen MR) is 96.2 cm³/mol. The summed E-state index contributed by atoms with van der Waals surface area (Å²) in [6.07, 6.45) is 0.988. The number of allylic oxidation sites excluding steroid dienone is 2. The summed E-state index contributed by atoms with van der Waals surface area (Å²) < 4.78 is 11.5. The second-order valence-electron chi connectivity index (χ2n) is 7.14. The van der Waals surface area contributed by atoms with Gasteiger partial charge in [0, 0.05) is 22.9 Å². The Bertz CT molecular complexity index is 822. The average molecular weight is 406 g/mol. The molecule has 1 aliphatic heterocycles. The zero-order chi connectivity index (χ0) is 18.4. The minimum absolute atomic E-state index is 0.000996. The second-order valence-corrected chi connectivity index (χ2v) is 8.05. The van der Waals surface area contributed by atoms with Gasteiger partial charge in [-0.05, 0) is 23.1 Å². The molecule has 0 aromatic heterocycles. The molecule has 0 radical (unpaired) electrons. The highest BCUT2D eigenvalue weighted by atomic mass is 79.9. The van der Waals surface area contributed by atoms with Gasteiger partial charge in [-0.25, -0.2) is 4.79 Å². The number of esters is 1. The third-order valence-corrected chi connectivity index (χ3v) is 5.04. The maximum Gasteiger partial charge on any atom is 0.340 e. The van der Waals surface area contributed by atoms with Crippen LogP contribution in [0.25, 0.3) is 0 Å². The second kappa shape index (κ2) is 6.33. The van der Waals surface area contributed by atoms with Crippen molar-refractivity contribution >= 4 is 27.7 Å². The molecule has 132 valence electrons. The van der Waals surface area contributed by atoms with Gasteiger partial charge in [0.25, 0.3) is 0 Å². The SMILES string of the molecule is COC(=O)C1=C(N)OC2=C(C(=O)CC(C)(C)C2)[C@H]1c1cccc(Br)c1. The number of nitrogens with two attached hydrogens (primary N) is 1. The molecule has 0 amide bonds. The van der Waals surface area contributed by atoms with Crippen molar-refractivity contribution < 1.29 is 19.1 Å². The summed E-state index contributed by atoms with van der Waals surface area (Å²) in [4.78, 5) is 25.3. The molecule has 1 atom stereocenters. The molecule has 0 spiro atoms. The summed E-state index contributed by atoms with van der Waals surface area (Å²) in [5.74, 6) is -0.647. The van der Waals surface area contributed by atoms with Crippen molar-refractivity contribution in [3.63, 3.8) is 0 Å². The number of benzene rings is 1. The molecule has 0 saturated carbocycles. The fourth-order valence-corrected chi connectivity index (χ4v) is 3.93. The maximum absolute atomic E-state index is 12.9. The van der Waals surface area contributed by atoms with Crippen LogP contribution < -0.4 is 5.73 Å². The molecule has 6 heteroatoms. The van der Waals surface area contributed by atoms with Crippen molar-refractivity contribution in [3.05, 3.63) is 57.1 Å². The standard InChI is InChI=1S/C19H20BrNO4/c1-19(2)8-12(22)15-13(9-19)25-17(21)16(18(23)24-3)14(15)10-5-4-6-11(20)7-10/h4-7,14H,8-9,21H2,1-3H3/t14-/m1/s1. The number of carbonyl (C=O) groups excluding carboxylic acids is 2. The van der Waals surface area contributed by atoms with E-state index in [1.807, 2.05) is 38.1 Å². The van der Waals surface area contributed by atoms with Crippen molar-refractivity contribution in [3.8, 4) is 0 Å². The zero-order valence-electron chi connectivity index (χ0n) is 14.4. The van der Waals surface area contributed by atoms with Gasteiger partial charge in [0.2, 0.25) is 5.88 Å². The molecule has 1 aromatic rings. The molecule has 1 aliphatic carbocycles. The van der Waals surface area contributed by atoms with Crippen LogP contribution in [0.5, 0.6) is 0 Å². The average Bonchev–Trinajstić information content (AvgIpc) is 2.51. The minimum atomic E-state index is -0.591. The van der Waals surface area contributed by atoms with E-state index in [0.29, 0.717) is 24.2 Å². The van der Waals surface area contributed by atoms with E-state index in [1.165, 1.54) is 7.11 Å². The number of carbonyl (C=O) groups is 2. The molecule has 0 fully saturated rings. The molecule has 3 rings (SSSR count). The Morgan fingerprint density at radius 2 is 2.08 bits per heavy atom. The normalized spacial score (nSPS) is 22.4. The number of ketones is 1. The minimum Gasteiger partial charge on any atom is -0.465 e. The van der Waals surface area contributed by atoms with E-state index >= 15 is 0 Å². The van der Waals surface area contributed by atoms with Crippen LogP contribution in [-0.2, 0) is 19.1 Å². The highest BCUT2D eigenvalue weighted by molar-refractivity contribution is 9.10. The molecule has 2 aliphatic rings. The first-order valence-corrected chi connectivity index (χ1v) is 8.80. The Labute approximate surface area is 155 Å². The van der Waals surface area contributed by atoms with Crippen LogP contribution in [0.3, 0.4) is 0 Å². The Morgan fingerprint density at radius 1 is 1.36 bits per heavy atom. The zero-order valence-corrected chi connectivity index (χ0v) is 16.0. The van der Waals surface area contributed by atoms with E-state index < -0.39 is 11.9 Å². The number of methoxy groups -OCH3 is 1. The van der Waals surface area contributed by atoms with Gasteiger partial charge in [-0.1, -0.05) is 41.9 Å². The smallest absolute Gasteiger partial charge is 0.340 e.